The van der Waals surface area contributed by atoms with E-state index in [4.69, 9.17) is 0 Å². The van der Waals surface area contributed by atoms with E-state index in [1.807, 2.05) is 47.2 Å². The van der Waals surface area contributed by atoms with Crippen LogP contribution in [0.3, 0.4) is 0 Å². The van der Waals surface area contributed by atoms with Crippen LogP contribution in [-0.4, -0.2) is 61.5 Å². The molecule has 2 aliphatic rings. The summed E-state index contributed by atoms with van der Waals surface area (Å²) in [6, 6.07) is 13.3. The van der Waals surface area contributed by atoms with Crippen LogP contribution in [0.15, 0.2) is 48.7 Å². The fourth-order valence-electron chi connectivity index (χ4n) is 5.07. The minimum atomic E-state index is -3.51. The predicted molar refractivity (Wildman–Crippen MR) is 147 cm³/mol. The van der Waals surface area contributed by atoms with Gasteiger partial charge >= 0.3 is 0 Å². The maximum Gasteiger partial charge on any atom is 0.251 e. The fraction of sp³-hybridized carbons (Fsp3) is 0.464. The molecule has 8 nitrogen and oxygen atoms in total. The normalized spacial score (nSPS) is 18.6. The molecule has 0 radical (unpaired) electrons. The third kappa shape index (κ3) is 5.39. The smallest absolute Gasteiger partial charge is 0.251 e. The van der Waals surface area contributed by atoms with Crippen LogP contribution in [0.2, 0.25) is 0 Å². The zero-order chi connectivity index (χ0) is 26.3. The first-order valence-corrected chi connectivity index (χ1v) is 14.6. The lowest BCUT2D eigenvalue weighted by Crippen LogP contribution is -2.49. The van der Waals surface area contributed by atoms with Crippen molar-refractivity contribution in [3.8, 4) is 0 Å². The number of hydrogen-bond donors (Lipinski definition) is 3. The summed E-state index contributed by atoms with van der Waals surface area (Å²) >= 11 is 0. The van der Waals surface area contributed by atoms with Crippen molar-refractivity contribution in [2.45, 2.75) is 63.8 Å². The number of carbonyl (C=O) groups excluding carboxylic acids is 1. The fourth-order valence-corrected chi connectivity index (χ4v) is 6.21. The topological polar surface area (TPSA) is 104 Å². The Labute approximate surface area is 218 Å². The van der Waals surface area contributed by atoms with Crippen LogP contribution in [0.5, 0.6) is 0 Å². The number of aromatic nitrogens is 1. The van der Waals surface area contributed by atoms with E-state index in [0.717, 1.165) is 34.9 Å². The highest BCUT2D eigenvalue weighted by Crippen LogP contribution is 2.37. The molecule has 1 aliphatic heterocycles. The van der Waals surface area contributed by atoms with E-state index < -0.39 is 22.2 Å². The minimum absolute atomic E-state index is 0.000358. The predicted octanol–water partition coefficient (Wildman–Crippen LogP) is 3.00. The Balaban J connectivity index is 1.50. The minimum Gasteiger partial charge on any atom is -0.390 e. The molecular formula is C28H36N4O4S. The molecule has 0 bridgehead atoms. The van der Waals surface area contributed by atoms with Crippen molar-refractivity contribution in [2.75, 3.05) is 23.7 Å². The van der Waals surface area contributed by atoms with Gasteiger partial charge in [0.2, 0.25) is 10.0 Å². The molecule has 5 rings (SSSR count). The summed E-state index contributed by atoms with van der Waals surface area (Å²) in [7, 11) is -1.96. The van der Waals surface area contributed by atoms with Crippen molar-refractivity contribution in [1.29, 1.82) is 0 Å². The van der Waals surface area contributed by atoms with E-state index in [1.165, 1.54) is 4.31 Å². The van der Waals surface area contributed by atoms with Gasteiger partial charge in [-0.25, -0.2) is 8.42 Å². The zero-order valence-corrected chi connectivity index (χ0v) is 22.5. The van der Waals surface area contributed by atoms with Gasteiger partial charge in [-0.1, -0.05) is 44.2 Å². The Bertz CT molecular complexity index is 1400. The highest BCUT2D eigenvalue weighted by molar-refractivity contribution is 7.92. The number of benzene rings is 2. The van der Waals surface area contributed by atoms with Crippen molar-refractivity contribution < 1.29 is 18.3 Å². The Morgan fingerprint density at radius 3 is 2.57 bits per heavy atom. The molecule has 1 saturated carbocycles. The summed E-state index contributed by atoms with van der Waals surface area (Å²) in [4.78, 5) is 13.7. The third-order valence-corrected chi connectivity index (χ3v) is 9.22. The Kier molecular flexibility index (Phi) is 7.04. The quantitative estimate of drug-likeness (QED) is 0.399. The first kappa shape index (κ1) is 25.8. The highest BCUT2D eigenvalue weighted by Gasteiger charge is 2.30. The van der Waals surface area contributed by atoms with Gasteiger partial charge in [-0.3, -0.25) is 9.10 Å². The van der Waals surface area contributed by atoms with Crippen molar-refractivity contribution in [2.24, 2.45) is 0 Å². The maximum atomic E-state index is 13.7. The Morgan fingerprint density at radius 1 is 1.16 bits per heavy atom. The lowest BCUT2D eigenvalue weighted by molar-refractivity contribution is 0.0830. The van der Waals surface area contributed by atoms with Crippen LogP contribution in [0, 0.1) is 0 Å². The average Bonchev–Trinajstić information content (AvgIpc) is 3.64. The van der Waals surface area contributed by atoms with E-state index in [9.17, 15) is 18.3 Å². The number of hydrogen-bond acceptors (Lipinski definition) is 5. The van der Waals surface area contributed by atoms with Gasteiger partial charge in [-0.2, -0.15) is 0 Å². The first-order valence-electron chi connectivity index (χ1n) is 13.0. The molecule has 0 unspecified atom stereocenters. The van der Waals surface area contributed by atoms with Crippen LogP contribution >= 0.6 is 0 Å². The second-order valence-electron chi connectivity index (χ2n) is 10.6. The first-order chi connectivity index (χ1) is 17.6. The molecule has 2 aromatic carbocycles. The molecule has 9 heteroatoms. The van der Waals surface area contributed by atoms with Gasteiger partial charge in [0.25, 0.3) is 5.91 Å². The van der Waals surface area contributed by atoms with Gasteiger partial charge in [0.1, 0.15) is 0 Å². The number of aliphatic hydroxyl groups is 1. The molecule has 1 fully saturated rings. The number of rotatable bonds is 9. The van der Waals surface area contributed by atoms with Gasteiger partial charge in [0, 0.05) is 43.3 Å². The monoisotopic (exact) mass is 524 g/mol. The van der Waals surface area contributed by atoms with Crippen LogP contribution in [0.25, 0.3) is 10.9 Å². The van der Waals surface area contributed by atoms with E-state index >= 15 is 0 Å². The molecule has 1 amide bonds. The largest absolute Gasteiger partial charge is 0.390 e. The Morgan fingerprint density at radius 2 is 1.89 bits per heavy atom. The van der Waals surface area contributed by atoms with Gasteiger partial charge in [0.15, 0.2) is 0 Å². The summed E-state index contributed by atoms with van der Waals surface area (Å²) in [6.45, 7) is 4.95. The molecule has 1 aromatic heterocycles. The van der Waals surface area contributed by atoms with Crippen molar-refractivity contribution in [1.82, 2.24) is 15.2 Å². The summed E-state index contributed by atoms with van der Waals surface area (Å²) < 4.78 is 29.1. The molecule has 1 aliphatic carbocycles. The number of sulfonamides is 1. The van der Waals surface area contributed by atoms with Gasteiger partial charge in [0.05, 0.1) is 29.1 Å². The van der Waals surface area contributed by atoms with E-state index in [0.29, 0.717) is 36.8 Å². The van der Waals surface area contributed by atoms with Crippen LogP contribution < -0.4 is 14.9 Å². The molecule has 2 atom stereocenters. The number of aryl methyl sites for hydroxylation is 1. The highest BCUT2D eigenvalue weighted by atomic mass is 32.2. The van der Waals surface area contributed by atoms with Crippen LogP contribution in [0.1, 0.15) is 54.1 Å². The second kappa shape index (κ2) is 10.1. The number of nitrogens with zero attached hydrogens (tertiary/aromatic N) is 2. The lowest BCUT2D eigenvalue weighted by atomic mass is 9.98. The third-order valence-electron chi connectivity index (χ3n) is 7.49. The number of nitrogens with one attached hydrogen (secondary N) is 2. The number of amides is 1. The molecule has 0 saturated heterocycles. The van der Waals surface area contributed by atoms with Gasteiger partial charge in [-0.15, -0.1) is 0 Å². The standard InChI is InChI=1S/C28H36N4O4S/c1-18(2)23-17-32-11-12-37(35,36)31(3)25-15-20(14-22(23)27(25)32)28(34)30-24(13-19-7-5-4-6-8-19)26(33)16-29-21-9-10-21/h4-8,14-15,17-18,21,24,26,29,33H,9-13,16H2,1-3H3,(H,30,34)/t24-,26+/m0/s1. The van der Waals surface area contributed by atoms with E-state index in [2.05, 4.69) is 24.5 Å². The van der Waals surface area contributed by atoms with E-state index in [1.54, 1.807) is 13.1 Å². The molecule has 3 aromatic rings. The summed E-state index contributed by atoms with van der Waals surface area (Å²) in [5.41, 5.74) is 3.81. The van der Waals surface area contributed by atoms with Crippen molar-refractivity contribution in [3.63, 3.8) is 0 Å². The lowest BCUT2D eigenvalue weighted by Gasteiger charge is -2.25. The van der Waals surface area contributed by atoms with Crippen LogP contribution in [-0.2, 0) is 23.0 Å². The maximum absolute atomic E-state index is 13.7. The Hall–Kier alpha value is -2.88. The SMILES string of the molecule is CC(C)c1cn2c3c(cc(C(=O)N[C@@H](Cc4ccccc4)[C@H](O)CNC4CC4)cc13)N(C)S(=O)(=O)CC2. The van der Waals surface area contributed by atoms with Crippen molar-refractivity contribution in [3.05, 3.63) is 65.4 Å². The number of carbonyl (C=O) groups is 1. The molecule has 2 heterocycles. The molecule has 0 spiro atoms. The average molecular weight is 525 g/mol. The van der Waals surface area contributed by atoms with Gasteiger partial charge in [-0.05, 0) is 48.4 Å². The van der Waals surface area contributed by atoms with Gasteiger partial charge < -0.3 is 20.3 Å². The number of aliphatic hydroxyl groups excluding tert-OH is 1. The molecular weight excluding hydrogens is 488 g/mol. The summed E-state index contributed by atoms with van der Waals surface area (Å²) in [5, 5.41) is 18.3. The second-order valence-corrected chi connectivity index (χ2v) is 12.7. The number of anilines is 1. The summed E-state index contributed by atoms with van der Waals surface area (Å²) in [5.74, 6) is -0.125. The van der Waals surface area contributed by atoms with Crippen LogP contribution in [0.4, 0.5) is 5.69 Å². The molecule has 3 N–H and O–H groups in total. The van der Waals surface area contributed by atoms with Crippen molar-refractivity contribution >= 4 is 32.5 Å². The molecule has 37 heavy (non-hydrogen) atoms. The summed E-state index contributed by atoms with van der Waals surface area (Å²) in [6.07, 6.45) is 3.95. The zero-order valence-electron chi connectivity index (χ0n) is 21.6. The van der Waals surface area contributed by atoms with E-state index in [-0.39, 0.29) is 17.6 Å². The molecule has 198 valence electrons.